The molecular weight excluding hydrogens is 1010 g/mol. The number of hydrogen-bond acceptors (Lipinski definition) is 11. The van der Waals surface area contributed by atoms with Crippen LogP contribution >= 0.6 is 0 Å². The number of hydrogen-bond donors (Lipinski definition) is 2. The molecule has 6 bridgehead atoms. The Bertz CT molecular complexity index is 2880. The Balaban J connectivity index is 1.19. The molecular formula is C55H68F5N9O8. The number of amides is 5. The molecule has 4 aliphatic heterocycles. The smallest absolute Gasteiger partial charge is 0.406 e. The Morgan fingerprint density at radius 1 is 1.04 bits per heavy atom. The van der Waals surface area contributed by atoms with Crippen molar-refractivity contribution in [3.63, 3.8) is 0 Å². The number of ether oxygens (including phenoxy) is 3. The lowest BCUT2D eigenvalue weighted by atomic mass is 9.84. The first-order chi connectivity index (χ1) is 36.4. The van der Waals surface area contributed by atoms with E-state index in [4.69, 9.17) is 19.2 Å². The second-order valence-electron chi connectivity index (χ2n) is 21.7. The van der Waals surface area contributed by atoms with Crippen LogP contribution in [0.25, 0.3) is 33.4 Å². The van der Waals surface area contributed by atoms with Gasteiger partial charge in [-0.3, -0.25) is 34.2 Å². The summed E-state index contributed by atoms with van der Waals surface area (Å²) in [6, 6.07) is 6.09. The number of aromatic nitrogens is 3. The number of piperidine rings is 1. The van der Waals surface area contributed by atoms with Crippen molar-refractivity contribution < 1.29 is 60.1 Å². The van der Waals surface area contributed by atoms with Gasteiger partial charge in [0.25, 0.3) is 12.3 Å². The monoisotopic (exact) mass is 1080 g/mol. The third-order valence-corrected chi connectivity index (χ3v) is 15.1. The summed E-state index contributed by atoms with van der Waals surface area (Å²) in [5, 5.41) is 4.40. The molecule has 4 aromatic rings. The molecule has 0 unspecified atom stereocenters. The highest BCUT2D eigenvalue weighted by Crippen LogP contribution is 2.43. The van der Waals surface area contributed by atoms with Gasteiger partial charge in [-0.25, -0.2) is 19.0 Å². The van der Waals surface area contributed by atoms with Gasteiger partial charge in [0.05, 0.1) is 48.5 Å². The highest BCUT2D eigenvalue weighted by atomic mass is 19.4. The average molecular weight is 1080 g/mol. The summed E-state index contributed by atoms with van der Waals surface area (Å²) in [6.45, 7) is 12.6. The zero-order valence-corrected chi connectivity index (χ0v) is 44.6. The maximum absolute atomic E-state index is 15.1. The van der Waals surface area contributed by atoms with Crippen molar-refractivity contribution in [2.45, 2.75) is 122 Å². The zero-order chi connectivity index (χ0) is 55.7. The summed E-state index contributed by atoms with van der Waals surface area (Å²) in [5.41, 5.74) is 2.79. The normalized spacial score (nSPS) is 20.9. The van der Waals surface area contributed by atoms with Crippen LogP contribution < -0.4 is 10.7 Å². The lowest BCUT2D eigenvalue weighted by Crippen LogP contribution is -2.63. The maximum atomic E-state index is 15.1. The number of likely N-dealkylation sites (N-methyl/N-ethyl adjacent to an activating group) is 1. The predicted octanol–water partition coefficient (Wildman–Crippen LogP) is 7.58. The van der Waals surface area contributed by atoms with E-state index in [0.29, 0.717) is 61.2 Å². The standard InChI is InChI=1S/C55H68F5N9O8/c1-9-44(70)67-22-23-77-54(29-67)16-20-66(21-17-54)52(74)65(7)46(32(2)3)49(71)63-42-27-36-24-35(48(56)57)26-41(62-36)34-14-15-43-38(25-34)39(28-53(5,6)31-76-51(73)40-13-11-19-69(64-40)50(42)72)47(68(43)30-55(58,59)60)37-12-10-18-61-45(37)33(4)75-8/h9-10,12,14-15,18,24-26,32-33,40,42,46,48,64H,1,11,13,16-17,19-23,27-31H2,2-8H3,(H,63,71)/t33-,40-,42-,46-/m0/s1. The van der Waals surface area contributed by atoms with Crippen LogP contribution in [0.3, 0.4) is 0 Å². The van der Waals surface area contributed by atoms with Gasteiger partial charge in [0.15, 0.2) is 0 Å². The van der Waals surface area contributed by atoms with Crippen molar-refractivity contribution in [3.05, 3.63) is 83.8 Å². The number of alkyl halides is 5. The van der Waals surface area contributed by atoms with Crippen molar-refractivity contribution in [1.29, 1.82) is 0 Å². The maximum Gasteiger partial charge on any atom is 0.406 e. The zero-order valence-electron chi connectivity index (χ0n) is 44.6. The molecule has 3 saturated heterocycles. The number of morpholine rings is 1. The summed E-state index contributed by atoms with van der Waals surface area (Å²) in [7, 11) is 2.96. The molecule has 8 rings (SSSR count). The molecule has 22 heteroatoms. The van der Waals surface area contributed by atoms with Gasteiger partial charge in [-0.1, -0.05) is 40.3 Å². The number of fused-ring (bicyclic) bond motifs is 6. The van der Waals surface area contributed by atoms with Crippen LogP contribution in [0.1, 0.15) is 95.3 Å². The van der Waals surface area contributed by atoms with Crippen molar-refractivity contribution in [3.8, 4) is 22.5 Å². The minimum atomic E-state index is -4.70. The molecule has 3 aromatic heterocycles. The molecule has 3 fully saturated rings. The van der Waals surface area contributed by atoms with Gasteiger partial charge >= 0.3 is 18.2 Å². The van der Waals surface area contributed by atoms with Gasteiger partial charge in [0.1, 0.15) is 24.7 Å². The van der Waals surface area contributed by atoms with Crippen LogP contribution in [0.4, 0.5) is 26.7 Å². The Hall–Kier alpha value is -6.52. The minimum Gasteiger partial charge on any atom is -0.464 e. The van der Waals surface area contributed by atoms with Crippen LogP contribution in [-0.4, -0.2) is 154 Å². The van der Waals surface area contributed by atoms with E-state index < -0.39 is 96.1 Å². The summed E-state index contributed by atoms with van der Waals surface area (Å²) >= 11 is 0. The molecule has 416 valence electrons. The van der Waals surface area contributed by atoms with Gasteiger partial charge in [0.2, 0.25) is 11.8 Å². The molecule has 1 spiro atoms. The van der Waals surface area contributed by atoms with E-state index in [2.05, 4.69) is 22.3 Å². The van der Waals surface area contributed by atoms with Gasteiger partial charge in [0, 0.05) is 91.7 Å². The van der Waals surface area contributed by atoms with Gasteiger partial charge < -0.3 is 38.8 Å². The Labute approximate surface area is 444 Å². The Morgan fingerprint density at radius 3 is 2.45 bits per heavy atom. The fourth-order valence-corrected chi connectivity index (χ4v) is 11.2. The summed E-state index contributed by atoms with van der Waals surface area (Å²) in [4.78, 5) is 84.3. The van der Waals surface area contributed by atoms with Crippen LogP contribution in [0.5, 0.6) is 0 Å². The third-order valence-electron chi connectivity index (χ3n) is 15.1. The predicted molar refractivity (Wildman–Crippen MR) is 275 cm³/mol. The lowest BCUT2D eigenvalue weighted by molar-refractivity contribution is -0.155. The van der Waals surface area contributed by atoms with Crippen molar-refractivity contribution in [2.75, 3.05) is 60.1 Å². The second kappa shape index (κ2) is 22.8. The first-order valence-corrected chi connectivity index (χ1v) is 26.0. The SMILES string of the molecule is C=CC(=O)N1CCOC2(CCN(C(=O)N(C)[C@H](C(=O)N[C@H]3Cc4cc(C(F)F)cc(n4)-c4ccc5c(c4)c(c(-c4cccnc4[C@H](C)OC)n5CC(F)(F)F)CC(C)(C)COC(=O)[C@@H]4CCCN(N4)C3=O)C(C)C)CC2)C1. The van der Waals surface area contributed by atoms with Crippen LogP contribution in [0.2, 0.25) is 0 Å². The van der Waals surface area contributed by atoms with E-state index in [9.17, 15) is 37.1 Å². The number of halogens is 5. The number of benzene rings is 1. The molecule has 1 aromatic carbocycles. The number of urea groups is 1. The minimum absolute atomic E-state index is 0.0260. The van der Waals surface area contributed by atoms with E-state index in [-0.39, 0.29) is 73.2 Å². The number of carbonyl (C=O) groups is 5. The van der Waals surface area contributed by atoms with Gasteiger partial charge in [-0.05, 0) is 93.0 Å². The van der Waals surface area contributed by atoms with Gasteiger partial charge in [-0.15, -0.1) is 0 Å². The number of rotatable bonds is 10. The van der Waals surface area contributed by atoms with E-state index >= 15 is 8.78 Å². The summed E-state index contributed by atoms with van der Waals surface area (Å²) < 4.78 is 93.4. The number of esters is 1. The fraction of sp³-hybridized carbons (Fsp3) is 0.545. The molecule has 4 atom stereocenters. The topological polar surface area (TPSA) is 181 Å². The van der Waals surface area contributed by atoms with E-state index in [1.165, 1.54) is 59.1 Å². The number of methoxy groups -OCH3 is 1. The number of hydrazine groups is 1. The first-order valence-electron chi connectivity index (χ1n) is 26.0. The van der Waals surface area contributed by atoms with E-state index in [0.717, 1.165) is 6.07 Å². The molecule has 7 heterocycles. The van der Waals surface area contributed by atoms with Crippen molar-refractivity contribution in [2.24, 2.45) is 11.3 Å². The van der Waals surface area contributed by atoms with Crippen LogP contribution in [-0.2, 0) is 52.8 Å². The quantitative estimate of drug-likeness (QED) is 0.0909. The molecule has 2 N–H and O–H groups in total. The third kappa shape index (κ3) is 12.4. The molecule has 0 aliphatic carbocycles. The van der Waals surface area contributed by atoms with E-state index in [1.807, 2.05) is 13.8 Å². The highest BCUT2D eigenvalue weighted by Gasteiger charge is 2.44. The molecule has 0 saturated carbocycles. The van der Waals surface area contributed by atoms with Crippen molar-refractivity contribution in [1.82, 2.24) is 45.0 Å². The summed E-state index contributed by atoms with van der Waals surface area (Å²) in [5.74, 6) is -2.82. The number of carbonyl (C=O) groups excluding carboxylic acids is 5. The molecule has 5 amide bonds. The molecule has 0 radical (unpaired) electrons. The first kappa shape index (κ1) is 56.7. The number of pyridine rings is 2. The highest BCUT2D eigenvalue weighted by molar-refractivity contribution is 5.96. The average Bonchev–Trinajstić information content (AvgIpc) is 3.94. The van der Waals surface area contributed by atoms with Crippen LogP contribution in [0, 0.1) is 11.3 Å². The Kier molecular flexibility index (Phi) is 16.8. The molecule has 17 nitrogen and oxygen atoms in total. The molecule has 4 aliphatic rings. The summed E-state index contributed by atoms with van der Waals surface area (Å²) in [6.07, 6.45) is -4.48. The number of likely N-dealkylation sites (tertiary alicyclic amines) is 1. The number of cyclic esters (lactones) is 1. The molecule has 77 heavy (non-hydrogen) atoms. The van der Waals surface area contributed by atoms with Crippen molar-refractivity contribution >= 4 is 40.6 Å². The van der Waals surface area contributed by atoms with E-state index in [1.54, 1.807) is 48.8 Å². The lowest BCUT2D eigenvalue weighted by Gasteiger charge is -2.47. The Morgan fingerprint density at radius 2 is 1.78 bits per heavy atom. The fourth-order valence-electron chi connectivity index (χ4n) is 11.2. The second-order valence-corrected chi connectivity index (χ2v) is 21.7. The number of nitrogens with zero attached hydrogens (tertiary/aromatic N) is 7. The largest absolute Gasteiger partial charge is 0.464 e. The number of nitrogens with one attached hydrogen (secondary N) is 2. The van der Waals surface area contributed by atoms with Crippen LogP contribution in [0.15, 0.2) is 61.3 Å². The van der Waals surface area contributed by atoms with Gasteiger partial charge in [-0.2, -0.15) is 13.2 Å².